The quantitative estimate of drug-likeness (QED) is 0.576. The summed E-state index contributed by atoms with van der Waals surface area (Å²) in [7, 11) is 0. The second-order valence-corrected chi connectivity index (χ2v) is 2.83. The number of oxazole rings is 1. The predicted octanol–water partition coefficient (Wildman–Crippen LogP) is 1.41. The first-order chi connectivity index (χ1) is 6.93. The number of nitrogens with zero attached hydrogens (tertiary/aromatic N) is 4. The Morgan fingerprint density at radius 1 is 1.07 bits per heavy atom. The third kappa shape index (κ3) is 0.990. The summed E-state index contributed by atoms with van der Waals surface area (Å²) in [5, 5.41) is 7.36. The molecule has 68 valence electrons. The van der Waals surface area contributed by atoms with Crippen molar-refractivity contribution in [2.75, 3.05) is 0 Å². The van der Waals surface area contributed by atoms with Gasteiger partial charge in [0.25, 0.3) is 0 Å². The molecular weight excluding hydrogens is 180 g/mol. The molecule has 14 heavy (non-hydrogen) atoms. The van der Waals surface area contributed by atoms with Crippen molar-refractivity contribution in [1.29, 1.82) is 0 Å². The molecule has 0 amide bonds. The Bertz CT molecular complexity index is 522. The van der Waals surface area contributed by atoms with Crippen LogP contribution in [0, 0.1) is 0 Å². The number of fused-ring (bicyclic) bond motifs is 1. The first-order valence-electron chi connectivity index (χ1n) is 4.14. The van der Waals surface area contributed by atoms with Gasteiger partial charge >= 0.3 is 6.01 Å². The van der Waals surface area contributed by atoms with E-state index in [2.05, 4.69) is 15.2 Å². The molecule has 5 nitrogen and oxygen atoms in total. The molecule has 3 aromatic rings. The Balaban J connectivity index is 2.24. The van der Waals surface area contributed by atoms with Gasteiger partial charge in [-0.15, -0.1) is 10.2 Å². The van der Waals surface area contributed by atoms with Crippen LogP contribution in [0.3, 0.4) is 0 Å². The van der Waals surface area contributed by atoms with Gasteiger partial charge in [-0.1, -0.05) is 12.1 Å². The Labute approximate surface area is 79.0 Å². The molecule has 5 heteroatoms. The molecule has 0 bridgehead atoms. The van der Waals surface area contributed by atoms with Crippen LogP contribution < -0.4 is 0 Å². The third-order valence-electron chi connectivity index (χ3n) is 1.92. The van der Waals surface area contributed by atoms with Crippen molar-refractivity contribution >= 4 is 11.1 Å². The highest BCUT2D eigenvalue weighted by Gasteiger charge is 2.05. The zero-order chi connectivity index (χ0) is 9.38. The van der Waals surface area contributed by atoms with E-state index < -0.39 is 0 Å². The second-order valence-electron chi connectivity index (χ2n) is 2.83. The average Bonchev–Trinajstić information content (AvgIpc) is 2.86. The number of hydrogen-bond acceptors (Lipinski definition) is 4. The summed E-state index contributed by atoms with van der Waals surface area (Å²) in [5.74, 6) is 0. The minimum Gasteiger partial charge on any atom is -0.423 e. The van der Waals surface area contributed by atoms with Crippen molar-refractivity contribution in [1.82, 2.24) is 19.7 Å². The summed E-state index contributed by atoms with van der Waals surface area (Å²) in [6, 6.07) is 8.07. The van der Waals surface area contributed by atoms with Gasteiger partial charge < -0.3 is 4.42 Å². The van der Waals surface area contributed by atoms with E-state index in [9.17, 15) is 0 Å². The molecule has 2 aromatic heterocycles. The van der Waals surface area contributed by atoms with Crippen molar-refractivity contribution in [2.45, 2.75) is 0 Å². The molecule has 2 heterocycles. The van der Waals surface area contributed by atoms with Crippen LogP contribution in [0.1, 0.15) is 0 Å². The number of hydrogen-bond donors (Lipinski definition) is 0. The minimum absolute atomic E-state index is 0.483. The number of rotatable bonds is 1. The second kappa shape index (κ2) is 2.66. The molecule has 0 saturated carbocycles. The van der Waals surface area contributed by atoms with Crippen molar-refractivity contribution in [3.8, 4) is 6.01 Å². The van der Waals surface area contributed by atoms with Gasteiger partial charge in [-0.05, 0) is 12.1 Å². The monoisotopic (exact) mass is 186 g/mol. The van der Waals surface area contributed by atoms with E-state index in [4.69, 9.17) is 4.42 Å². The van der Waals surface area contributed by atoms with Gasteiger partial charge in [-0.3, -0.25) is 0 Å². The van der Waals surface area contributed by atoms with E-state index in [1.165, 1.54) is 0 Å². The van der Waals surface area contributed by atoms with E-state index in [-0.39, 0.29) is 0 Å². The standard InChI is InChI=1S/C9H6N4O/c1-2-4-8-7(3-1)12-9(14-8)13-5-10-11-6-13/h1-6H. The van der Waals surface area contributed by atoms with E-state index in [1.54, 1.807) is 17.2 Å². The maximum Gasteiger partial charge on any atom is 0.309 e. The fraction of sp³-hybridized carbons (Fsp3) is 0. The molecule has 0 aliphatic heterocycles. The maximum atomic E-state index is 5.48. The smallest absolute Gasteiger partial charge is 0.309 e. The summed E-state index contributed by atoms with van der Waals surface area (Å²) in [5.41, 5.74) is 1.59. The van der Waals surface area contributed by atoms with Crippen LogP contribution in [0.15, 0.2) is 41.3 Å². The lowest BCUT2D eigenvalue weighted by molar-refractivity contribution is 0.563. The molecule has 0 aliphatic carbocycles. The van der Waals surface area contributed by atoms with Gasteiger partial charge in [-0.2, -0.15) is 4.98 Å². The number of para-hydroxylation sites is 2. The third-order valence-corrected chi connectivity index (χ3v) is 1.92. The van der Waals surface area contributed by atoms with Crippen LogP contribution in [-0.4, -0.2) is 19.7 Å². The Kier molecular flexibility index (Phi) is 1.38. The van der Waals surface area contributed by atoms with Crippen molar-refractivity contribution < 1.29 is 4.42 Å². The average molecular weight is 186 g/mol. The first-order valence-corrected chi connectivity index (χ1v) is 4.14. The largest absolute Gasteiger partial charge is 0.423 e. The van der Waals surface area contributed by atoms with Gasteiger partial charge in [0.2, 0.25) is 0 Å². The number of benzene rings is 1. The summed E-state index contributed by atoms with van der Waals surface area (Å²) >= 11 is 0. The normalized spacial score (nSPS) is 10.9. The molecule has 1 aromatic carbocycles. The van der Waals surface area contributed by atoms with Crippen molar-refractivity contribution in [2.24, 2.45) is 0 Å². The van der Waals surface area contributed by atoms with Gasteiger partial charge in [0.05, 0.1) is 0 Å². The summed E-state index contributed by atoms with van der Waals surface area (Å²) in [4.78, 5) is 4.27. The highest BCUT2D eigenvalue weighted by molar-refractivity contribution is 5.73. The van der Waals surface area contributed by atoms with Gasteiger partial charge in [0, 0.05) is 0 Å². The SMILES string of the molecule is c1ccc2oc(-n3cnnc3)nc2c1. The highest BCUT2D eigenvalue weighted by atomic mass is 16.4. The summed E-state index contributed by atoms with van der Waals surface area (Å²) < 4.78 is 7.11. The molecule has 0 unspecified atom stereocenters. The highest BCUT2D eigenvalue weighted by Crippen LogP contribution is 2.16. The zero-order valence-electron chi connectivity index (χ0n) is 7.16. The van der Waals surface area contributed by atoms with E-state index in [0.29, 0.717) is 6.01 Å². The summed E-state index contributed by atoms with van der Waals surface area (Å²) in [6.45, 7) is 0. The van der Waals surface area contributed by atoms with Gasteiger partial charge in [-0.25, -0.2) is 4.57 Å². The molecule has 0 spiro atoms. The molecule has 0 aliphatic rings. The van der Waals surface area contributed by atoms with E-state index in [0.717, 1.165) is 11.1 Å². The Morgan fingerprint density at radius 3 is 2.64 bits per heavy atom. The molecule has 0 radical (unpaired) electrons. The lowest BCUT2D eigenvalue weighted by Gasteiger charge is -1.88. The van der Waals surface area contributed by atoms with Crippen LogP contribution in [0.4, 0.5) is 0 Å². The fourth-order valence-electron chi connectivity index (χ4n) is 1.27. The first kappa shape index (κ1) is 7.25. The van der Waals surface area contributed by atoms with Crippen LogP contribution >= 0.6 is 0 Å². The Morgan fingerprint density at radius 2 is 1.86 bits per heavy atom. The maximum absolute atomic E-state index is 5.48. The fourth-order valence-corrected chi connectivity index (χ4v) is 1.27. The van der Waals surface area contributed by atoms with Crippen LogP contribution in [0.5, 0.6) is 0 Å². The Hall–Kier alpha value is -2.17. The zero-order valence-corrected chi connectivity index (χ0v) is 7.16. The van der Waals surface area contributed by atoms with E-state index >= 15 is 0 Å². The summed E-state index contributed by atoms with van der Waals surface area (Å²) in [6.07, 6.45) is 3.09. The van der Waals surface area contributed by atoms with Crippen molar-refractivity contribution in [3.05, 3.63) is 36.9 Å². The molecule has 0 N–H and O–H groups in total. The van der Waals surface area contributed by atoms with Gasteiger partial charge in [0.1, 0.15) is 18.2 Å². The minimum atomic E-state index is 0.483. The molecule has 0 saturated heterocycles. The van der Waals surface area contributed by atoms with Crippen LogP contribution in [0.2, 0.25) is 0 Å². The van der Waals surface area contributed by atoms with Gasteiger partial charge in [0.15, 0.2) is 5.58 Å². The van der Waals surface area contributed by atoms with E-state index in [1.807, 2.05) is 24.3 Å². The molecule has 0 fully saturated rings. The lowest BCUT2D eigenvalue weighted by atomic mass is 10.3. The number of aromatic nitrogens is 4. The van der Waals surface area contributed by atoms with Crippen LogP contribution in [0.25, 0.3) is 17.1 Å². The molecular formula is C9H6N4O. The molecule has 3 rings (SSSR count). The molecule has 0 atom stereocenters. The van der Waals surface area contributed by atoms with Crippen LogP contribution in [-0.2, 0) is 0 Å². The topological polar surface area (TPSA) is 56.7 Å². The van der Waals surface area contributed by atoms with Crippen molar-refractivity contribution in [3.63, 3.8) is 0 Å². The lowest BCUT2D eigenvalue weighted by Crippen LogP contribution is -1.88. The predicted molar refractivity (Wildman–Crippen MR) is 48.9 cm³/mol.